The van der Waals surface area contributed by atoms with Crippen molar-refractivity contribution in [3.63, 3.8) is 0 Å². The standard InChI is InChI=1S/C17H21N7O/c1-5-25-15-12-6-7-19-14(12)22-16(23-15)21-13-8-20-24(11(13)2)10-17(3,4)9-18/h6-8H,5,10H2,1-4H3,(H2,19,21,22,23). The maximum absolute atomic E-state index is 9.21. The second-order valence-electron chi connectivity index (χ2n) is 6.45. The smallest absolute Gasteiger partial charge is 0.232 e. The first-order valence-corrected chi connectivity index (χ1v) is 8.12. The summed E-state index contributed by atoms with van der Waals surface area (Å²) in [5.74, 6) is 0.965. The molecule has 2 N–H and O–H groups in total. The molecule has 8 nitrogen and oxygen atoms in total. The minimum Gasteiger partial charge on any atom is -0.477 e. The van der Waals surface area contributed by atoms with Gasteiger partial charge in [0.1, 0.15) is 5.65 Å². The summed E-state index contributed by atoms with van der Waals surface area (Å²) in [6.45, 7) is 8.67. The molecule has 0 saturated heterocycles. The lowest BCUT2D eigenvalue weighted by atomic mass is 9.96. The molecule has 0 aliphatic heterocycles. The predicted molar refractivity (Wildman–Crippen MR) is 94.7 cm³/mol. The van der Waals surface area contributed by atoms with E-state index in [0.717, 1.165) is 16.8 Å². The van der Waals surface area contributed by atoms with E-state index in [-0.39, 0.29) is 0 Å². The lowest BCUT2D eigenvalue weighted by Gasteiger charge is -2.16. The highest BCUT2D eigenvalue weighted by molar-refractivity contribution is 5.82. The van der Waals surface area contributed by atoms with Crippen LogP contribution in [0.1, 0.15) is 26.5 Å². The zero-order chi connectivity index (χ0) is 18.0. The molecule has 130 valence electrons. The topological polar surface area (TPSA) is 104 Å². The van der Waals surface area contributed by atoms with Gasteiger partial charge in [-0.15, -0.1) is 0 Å². The normalized spacial score (nSPS) is 11.5. The van der Waals surface area contributed by atoms with E-state index in [9.17, 15) is 5.26 Å². The Bertz CT molecular complexity index is 932. The largest absolute Gasteiger partial charge is 0.477 e. The Morgan fingerprint density at radius 1 is 1.40 bits per heavy atom. The number of hydrogen-bond donors (Lipinski definition) is 2. The number of nitrogens with zero attached hydrogens (tertiary/aromatic N) is 5. The molecule has 3 heterocycles. The van der Waals surface area contributed by atoms with Gasteiger partial charge in [-0.3, -0.25) is 4.68 Å². The number of anilines is 2. The van der Waals surface area contributed by atoms with Crippen molar-refractivity contribution in [2.24, 2.45) is 5.41 Å². The Hall–Kier alpha value is -3.08. The molecule has 25 heavy (non-hydrogen) atoms. The SMILES string of the molecule is CCOc1nc(Nc2cnn(CC(C)(C)C#N)c2C)nc2[nH]ccc12. The summed E-state index contributed by atoms with van der Waals surface area (Å²) >= 11 is 0. The van der Waals surface area contributed by atoms with Crippen LogP contribution in [0.3, 0.4) is 0 Å². The maximum Gasteiger partial charge on any atom is 0.232 e. The molecule has 3 rings (SSSR count). The summed E-state index contributed by atoms with van der Waals surface area (Å²) in [6.07, 6.45) is 3.52. The third-order valence-electron chi connectivity index (χ3n) is 3.86. The highest BCUT2D eigenvalue weighted by Gasteiger charge is 2.20. The maximum atomic E-state index is 9.21. The predicted octanol–water partition coefficient (Wildman–Crippen LogP) is 3.15. The Kier molecular flexibility index (Phi) is 4.31. The highest BCUT2D eigenvalue weighted by atomic mass is 16.5. The molecule has 3 aromatic heterocycles. The van der Waals surface area contributed by atoms with Gasteiger partial charge in [0.2, 0.25) is 11.8 Å². The van der Waals surface area contributed by atoms with Crippen LogP contribution < -0.4 is 10.1 Å². The number of nitrogens with one attached hydrogen (secondary N) is 2. The van der Waals surface area contributed by atoms with Crippen molar-refractivity contribution in [2.75, 3.05) is 11.9 Å². The van der Waals surface area contributed by atoms with E-state index in [1.54, 1.807) is 12.4 Å². The van der Waals surface area contributed by atoms with Crippen molar-refractivity contribution in [3.05, 3.63) is 24.2 Å². The monoisotopic (exact) mass is 339 g/mol. The zero-order valence-corrected chi connectivity index (χ0v) is 14.8. The van der Waals surface area contributed by atoms with Crippen molar-refractivity contribution in [3.8, 4) is 11.9 Å². The van der Waals surface area contributed by atoms with Crippen LogP contribution in [0.25, 0.3) is 11.0 Å². The fourth-order valence-electron chi connectivity index (χ4n) is 2.47. The number of rotatable bonds is 6. The molecule has 0 fully saturated rings. The first kappa shape index (κ1) is 16.8. The van der Waals surface area contributed by atoms with E-state index in [1.165, 1.54) is 0 Å². The number of aromatic nitrogens is 5. The van der Waals surface area contributed by atoms with E-state index >= 15 is 0 Å². The van der Waals surface area contributed by atoms with Crippen LogP contribution in [0.15, 0.2) is 18.5 Å². The van der Waals surface area contributed by atoms with Gasteiger partial charge in [-0.1, -0.05) is 0 Å². The number of nitriles is 1. The number of aromatic amines is 1. The average Bonchev–Trinajstić information content (AvgIpc) is 3.17. The molecule has 8 heteroatoms. The molecular formula is C17H21N7O. The second-order valence-corrected chi connectivity index (χ2v) is 6.45. The molecule has 0 radical (unpaired) electrons. The van der Waals surface area contributed by atoms with Crippen molar-refractivity contribution < 1.29 is 4.74 Å². The van der Waals surface area contributed by atoms with E-state index < -0.39 is 5.41 Å². The van der Waals surface area contributed by atoms with Gasteiger partial charge in [0.05, 0.1) is 47.6 Å². The van der Waals surface area contributed by atoms with E-state index in [1.807, 2.05) is 38.4 Å². The summed E-state index contributed by atoms with van der Waals surface area (Å²) < 4.78 is 7.41. The van der Waals surface area contributed by atoms with Gasteiger partial charge in [-0.25, -0.2) is 0 Å². The average molecular weight is 339 g/mol. The quantitative estimate of drug-likeness (QED) is 0.715. The van der Waals surface area contributed by atoms with Gasteiger partial charge < -0.3 is 15.0 Å². The number of ether oxygens (including phenoxy) is 1. The van der Waals surface area contributed by atoms with Crippen LogP contribution in [0.2, 0.25) is 0 Å². The first-order chi connectivity index (χ1) is 11.9. The second kappa shape index (κ2) is 6.43. The van der Waals surface area contributed by atoms with Crippen molar-refractivity contribution in [2.45, 2.75) is 34.2 Å². The first-order valence-electron chi connectivity index (χ1n) is 8.12. The summed E-state index contributed by atoms with van der Waals surface area (Å²) in [7, 11) is 0. The van der Waals surface area contributed by atoms with Gasteiger partial charge in [0.15, 0.2) is 0 Å². The third-order valence-corrected chi connectivity index (χ3v) is 3.86. The molecule has 0 amide bonds. The minimum atomic E-state index is -0.490. The van der Waals surface area contributed by atoms with E-state index in [4.69, 9.17) is 4.74 Å². The molecule has 0 atom stereocenters. The summed E-state index contributed by atoms with van der Waals surface area (Å²) in [5, 5.41) is 17.6. The molecule has 0 bridgehead atoms. The van der Waals surface area contributed by atoms with Gasteiger partial charge in [0, 0.05) is 6.20 Å². The van der Waals surface area contributed by atoms with Crippen molar-refractivity contribution in [1.82, 2.24) is 24.7 Å². The fraction of sp³-hybridized carbons (Fsp3) is 0.412. The van der Waals surface area contributed by atoms with Gasteiger partial charge in [0.25, 0.3) is 0 Å². The van der Waals surface area contributed by atoms with Crippen molar-refractivity contribution >= 4 is 22.7 Å². The van der Waals surface area contributed by atoms with Crippen molar-refractivity contribution in [1.29, 1.82) is 5.26 Å². The van der Waals surface area contributed by atoms with Gasteiger partial charge in [-0.05, 0) is 33.8 Å². The van der Waals surface area contributed by atoms with Crippen LogP contribution in [-0.2, 0) is 6.54 Å². The van der Waals surface area contributed by atoms with Crippen LogP contribution in [0.4, 0.5) is 11.6 Å². The molecule has 0 aromatic carbocycles. The molecule has 0 spiro atoms. The summed E-state index contributed by atoms with van der Waals surface area (Å²) in [6, 6.07) is 4.17. The van der Waals surface area contributed by atoms with Crippen LogP contribution in [0.5, 0.6) is 5.88 Å². The summed E-state index contributed by atoms with van der Waals surface area (Å²) in [4.78, 5) is 12.0. The Balaban J connectivity index is 1.89. The van der Waals surface area contributed by atoms with Crippen LogP contribution in [-0.4, -0.2) is 31.3 Å². The zero-order valence-electron chi connectivity index (χ0n) is 14.8. The fourth-order valence-corrected chi connectivity index (χ4v) is 2.47. The summed E-state index contributed by atoms with van der Waals surface area (Å²) in [5.41, 5.74) is 1.92. The third kappa shape index (κ3) is 3.40. The lowest BCUT2D eigenvalue weighted by Crippen LogP contribution is -2.19. The van der Waals surface area contributed by atoms with Gasteiger partial charge in [-0.2, -0.15) is 20.3 Å². The molecule has 0 saturated carbocycles. The van der Waals surface area contributed by atoms with Gasteiger partial charge >= 0.3 is 0 Å². The van der Waals surface area contributed by atoms with Crippen LogP contribution in [0, 0.1) is 23.7 Å². The molecule has 0 aliphatic rings. The number of H-pyrrole nitrogens is 1. The Morgan fingerprint density at radius 3 is 2.92 bits per heavy atom. The van der Waals surface area contributed by atoms with Crippen LogP contribution >= 0.6 is 0 Å². The molecule has 0 unspecified atom stereocenters. The number of fused-ring (bicyclic) bond motifs is 1. The molecule has 3 aromatic rings. The van der Waals surface area contributed by atoms with E-state index in [0.29, 0.717) is 30.6 Å². The minimum absolute atomic E-state index is 0.431. The Labute approximate surface area is 145 Å². The molecular weight excluding hydrogens is 318 g/mol. The Morgan fingerprint density at radius 2 is 2.20 bits per heavy atom. The lowest BCUT2D eigenvalue weighted by molar-refractivity contribution is 0.331. The number of hydrogen-bond acceptors (Lipinski definition) is 6. The molecule has 0 aliphatic carbocycles. The van der Waals surface area contributed by atoms with E-state index in [2.05, 4.69) is 31.4 Å². The highest BCUT2D eigenvalue weighted by Crippen LogP contribution is 2.26.